The lowest BCUT2D eigenvalue weighted by atomic mass is 9.98. The minimum Gasteiger partial charge on any atom is -0.302 e. The molecule has 14 heavy (non-hydrogen) atoms. The molecule has 1 heterocycles. The Morgan fingerprint density at radius 2 is 2.00 bits per heavy atom. The molecule has 0 amide bonds. The zero-order valence-corrected chi connectivity index (χ0v) is 9.13. The van der Waals surface area contributed by atoms with E-state index in [1.807, 2.05) is 26.2 Å². The zero-order chi connectivity index (χ0) is 10.6. The molecule has 0 aromatic carbocycles. The van der Waals surface area contributed by atoms with Gasteiger partial charge in [-0.25, -0.2) is 5.01 Å². The number of aldehydes is 1. The van der Waals surface area contributed by atoms with Crippen molar-refractivity contribution < 1.29 is 4.79 Å². The van der Waals surface area contributed by atoms with Gasteiger partial charge >= 0.3 is 0 Å². The van der Waals surface area contributed by atoms with Crippen LogP contribution in [-0.4, -0.2) is 44.3 Å². The van der Waals surface area contributed by atoms with E-state index in [1.165, 1.54) is 0 Å². The summed E-state index contributed by atoms with van der Waals surface area (Å²) in [5.41, 5.74) is 3.07. The first-order chi connectivity index (χ1) is 6.74. The molecule has 0 radical (unpaired) electrons. The number of piperidine rings is 1. The van der Waals surface area contributed by atoms with Gasteiger partial charge in [0, 0.05) is 0 Å². The molecule has 1 fully saturated rings. The number of rotatable bonds is 4. The van der Waals surface area contributed by atoms with E-state index in [9.17, 15) is 4.79 Å². The summed E-state index contributed by atoms with van der Waals surface area (Å²) in [6.45, 7) is 0. The van der Waals surface area contributed by atoms with E-state index in [0.717, 1.165) is 25.5 Å². The molecule has 1 rings (SSSR count). The molecule has 82 valence electrons. The number of nitrogens with zero attached hydrogens (tertiary/aromatic N) is 1. The first kappa shape index (κ1) is 11.6. The van der Waals surface area contributed by atoms with E-state index in [-0.39, 0.29) is 11.8 Å². The van der Waals surface area contributed by atoms with Crippen LogP contribution in [0, 0.1) is 0 Å². The van der Waals surface area contributed by atoms with Crippen LogP contribution in [0.25, 0.3) is 0 Å². The normalized spacial score (nSPS) is 27.5. The van der Waals surface area contributed by atoms with Gasteiger partial charge in [0.25, 0.3) is 0 Å². The van der Waals surface area contributed by atoms with E-state index in [4.69, 9.17) is 0 Å². The first-order valence-corrected chi connectivity index (χ1v) is 5.04. The molecule has 0 spiro atoms. The Balaban J connectivity index is 2.85. The summed E-state index contributed by atoms with van der Waals surface area (Å²) in [6.07, 6.45) is 3.93. The monoisotopic (exact) mass is 200 g/mol. The van der Waals surface area contributed by atoms with Crippen LogP contribution >= 0.6 is 0 Å². The molecule has 5 heteroatoms. The zero-order valence-electron chi connectivity index (χ0n) is 9.13. The van der Waals surface area contributed by atoms with Crippen molar-refractivity contribution in [2.75, 3.05) is 21.1 Å². The summed E-state index contributed by atoms with van der Waals surface area (Å²) >= 11 is 0. The fourth-order valence-corrected chi connectivity index (χ4v) is 2.20. The maximum Gasteiger partial charge on any atom is 0.138 e. The number of hydrogen-bond acceptors (Lipinski definition) is 5. The van der Waals surface area contributed by atoms with E-state index in [2.05, 4.69) is 16.1 Å². The second kappa shape index (κ2) is 4.84. The van der Waals surface area contributed by atoms with E-state index in [0.29, 0.717) is 0 Å². The van der Waals surface area contributed by atoms with Crippen molar-refractivity contribution in [3.05, 3.63) is 0 Å². The van der Waals surface area contributed by atoms with Crippen LogP contribution in [0.3, 0.4) is 0 Å². The number of nitrogens with one attached hydrogen (secondary N) is 3. The molecule has 1 unspecified atom stereocenters. The fraction of sp³-hybridized carbons (Fsp3) is 0.889. The molecule has 1 aliphatic heterocycles. The summed E-state index contributed by atoms with van der Waals surface area (Å²) < 4.78 is 0. The summed E-state index contributed by atoms with van der Waals surface area (Å²) in [4.78, 5) is 10.9. The predicted molar refractivity (Wildman–Crippen MR) is 55.5 cm³/mol. The van der Waals surface area contributed by atoms with Gasteiger partial charge in [-0.1, -0.05) is 0 Å². The van der Waals surface area contributed by atoms with Crippen molar-refractivity contribution in [2.24, 2.45) is 0 Å². The Labute approximate surface area is 85.2 Å². The van der Waals surface area contributed by atoms with Crippen molar-refractivity contribution in [1.82, 2.24) is 21.1 Å². The second-order valence-electron chi connectivity index (χ2n) is 3.55. The minimum absolute atomic E-state index is 0.0614. The molecule has 1 aliphatic rings. The van der Waals surface area contributed by atoms with Crippen LogP contribution in [0.2, 0.25) is 0 Å². The maximum atomic E-state index is 10.9. The highest BCUT2D eigenvalue weighted by atomic mass is 16.1. The average Bonchev–Trinajstić information content (AvgIpc) is 2.27. The van der Waals surface area contributed by atoms with Crippen molar-refractivity contribution in [3.63, 3.8) is 0 Å². The van der Waals surface area contributed by atoms with Crippen LogP contribution in [0.4, 0.5) is 0 Å². The van der Waals surface area contributed by atoms with Gasteiger partial charge in [-0.3, -0.25) is 16.1 Å². The van der Waals surface area contributed by atoms with E-state index >= 15 is 0 Å². The quantitative estimate of drug-likeness (QED) is 0.412. The molecule has 0 saturated carbocycles. The molecule has 3 N–H and O–H groups in total. The third-order valence-electron chi connectivity index (χ3n) is 3.01. The van der Waals surface area contributed by atoms with Crippen LogP contribution in [0.15, 0.2) is 0 Å². The lowest BCUT2D eigenvalue weighted by molar-refractivity contribution is -0.126. The molecular formula is C9H20N4O. The average molecular weight is 200 g/mol. The van der Waals surface area contributed by atoms with Gasteiger partial charge in [0.1, 0.15) is 12.1 Å². The van der Waals surface area contributed by atoms with E-state index in [1.54, 1.807) is 0 Å². The molecule has 0 aliphatic carbocycles. The number of carbonyl (C=O) groups excluding carboxylic acids is 1. The smallest absolute Gasteiger partial charge is 0.138 e. The third kappa shape index (κ3) is 1.81. The molecule has 0 aromatic heterocycles. The van der Waals surface area contributed by atoms with Gasteiger partial charge in [0.15, 0.2) is 0 Å². The number of hydrogen-bond donors (Lipinski definition) is 3. The Hall–Kier alpha value is -0.490. The van der Waals surface area contributed by atoms with Gasteiger partial charge in [0.05, 0.1) is 6.04 Å². The van der Waals surface area contributed by atoms with Crippen LogP contribution in [-0.2, 0) is 4.79 Å². The van der Waals surface area contributed by atoms with Crippen LogP contribution in [0.1, 0.15) is 19.3 Å². The number of carbonyl (C=O) groups is 1. The predicted octanol–water partition coefficient (Wildman–Crippen LogP) is -0.733. The Bertz CT molecular complexity index is 193. The Morgan fingerprint density at radius 3 is 2.43 bits per heavy atom. The molecule has 1 atom stereocenters. The lowest BCUT2D eigenvalue weighted by Gasteiger charge is -2.48. The van der Waals surface area contributed by atoms with Gasteiger partial charge in [-0.15, -0.1) is 0 Å². The van der Waals surface area contributed by atoms with Gasteiger partial charge in [-0.05, 0) is 40.4 Å². The van der Waals surface area contributed by atoms with E-state index < -0.39 is 0 Å². The highest BCUT2D eigenvalue weighted by molar-refractivity contribution is 5.57. The van der Waals surface area contributed by atoms with Gasteiger partial charge < -0.3 is 4.79 Å². The van der Waals surface area contributed by atoms with Crippen LogP contribution in [0.5, 0.6) is 0 Å². The summed E-state index contributed by atoms with van der Waals surface area (Å²) in [7, 11) is 5.63. The Morgan fingerprint density at radius 1 is 1.36 bits per heavy atom. The molecule has 0 aromatic rings. The van der Waals surface area contributed by atoms with Crippen molar-refractivity contribution in [2.45, 2.75) is 31.1 Å². The van der Waals surface area contributed by atoms with Gasteiger partial charge in [-0.2, -0.15) is 0 Å². The summed E-state index contributed by atoms with van der Waals surface area (Å²) in [6, 6.07) is -0.0614. The second-order valence-corrected chi connectivity index (χ2v) is 3.55. The van der Waals surface area contributed by atoms with Crippen molar-refractivity contribution >= 4 is 6.29 Å². The standard InChI is InChI=1S/C9H20N4O/c1-10-9(11-2)6-4-5-8(7-14)13(9)12-3/h7-8,10-12H,4-6H2,1-3H3. The maximum absolute atomic E-state index is 10.9. The first-order valence-electron chi connectivity index (χ1n) is 5.04. The lowest BCUT2D eigenvalue weighted by Crippen LogP contribution is -2.73. The minimum atomic E-state index is -0.307. The van der Waals surface area contributed by atoms with Crippen molar-refractivity contribution in [1.29, 1.82) is 0 Å². The molecule has 1 saturated heterocycles. The molecule has 5 nitrogen and oxygen atoms in total. The fourth-order valence-electron chi connectivity index (χ4n) is 2.20. The number of hydrazine groups is 1. The third-order valence-corrected chi connectivity index (χ3v) is 3.01. The Kier molecular flexibility index (Phi) is 4.00. The summed E-state index contributed by atoms with van der Waals surface area (Å²) in [5, 5.41) is 8.40. The molecule has 0 bridgehead atoms. The van der Waals surface area contributed by atoms with Gasteiger partial charge in [0.2, 0.25) is 0 Å². The SMILES string of the molecule is CNN1C(C=O)CCCC1(NC)NC. The highest BCUT2D eigenvalue weighted by Crippen LogP contribution is 2.24. The topological polar surface area (TPSA) is 56.4 Å². The van der Waals surface area contributed by atoms with Crippen molar-refractivity contribution in [3.8, 4) is 0 Å². The summed E-state index contributed by atoms with van der Waals surface area (Å²) in [5.74, 6) is -0.307. The largest absolute Gasteiger partial charge is 0.302 e. The highest BCUT2D eigenvalue weighted by Gasteiger charge is 2.40. The molecular weight excluding hydrogens is 180 g/mol. The van der Waals surface area contributed by atoms with Crippen LogP contribution < -0.4 is 16.1 Å².